The van der Waals surface area contributed by atoms with Crippen LogP contribution >= 0.6 is 0 Å². The Balaban J connectivity index is 1.64. The standard InChI is InChI=1S/C26H20F4N6O4/c1-25(2)22(38)36(18-6-4-14(12-31)19(11-18)26(28,29)30)24(40)35(25)13-15-3-5-16(27)9-20(15)34-23(39)33-17-7-8-32-21(37)10-17/h3-11H,13H2,1-2H3,(H3,32,33,34,37,39)/p+1. The molecule has 4 N–H and O–H groups in total. The molecule has 0 radical (unpaired) electrons. The van der Waals surface area contributed by atoms with Gasteiger partial charge in [-0.2, -0.15) is 23.3 Å². The number of carbonyl (C=O) groups is 3. The van der Waals surface area contributed by atoms with Crippen LogP contribution in [0.1, 0.15) is 30.5 Å². The van der Waals surface area contributed by atoms with E-state index in [2.05, 4.69) is 15.6 Å². The number of imide groups is 1. The summed E-state index contributed by atoms with van der Waals surface area (Å²) in [5.41, 5.74) is -3.91. The van der Waals surface area contributed by atoms with E-state index in [0.717, 1.165) is 30.3 Å². The van der Waals surface area contributed by atoms with Crippen LogP contribution in [0.25, 0.3) is 0 Å². The van der Waals surface area contributed by atoms with Gasteiger partial charge in [0, 0.05) is 37.4 Å². The fourth-order valence-corrected chi connectivity index (χ4v) is 4.25. The number of benzene rings is 2. The Labute approximate surface area is 223 Å². The lowest BCUT2D eigenvalue weighted by molar-refractivity contribution is -0.864. The Kier molecular flexibility index (Phi) is 7.18. The molecule has 3 aromatic rings. The number of pyridine rings is 1. The summed E-state index contributed by atoms with van der Waals surface area (Å²) in [5.74, 6) is -1.51. The molecule has 0 bridgehead atoms. The van der Waals surface area contributed by atoms with Gasteiger partial charge in [-0.25, -0.2) is 18.9 Å². The molecular weight excluding hydrogens is 536 g/mol. The van der Waals surface area contributed by atoms with Crippen molar-refractivity contribution in [2.45, 2.75) is 32.1 Å². The molecule has 0 spiro atoms. The number of urea groups is 2. The monoisotopic (exact) mass is 557 g/mol. The van der Waals surface area contributed by atoms with E-state index in [0.29, 0.717) is 11.0 Å². The topological polar surface area (TPSA) is 140 Å². The molecule has 5 amide bonds. The highest BCUT2D eigenvalue weighted by molar-refractivity contribution is 6.18. The van der Waals surface area contributed by atoms with Gasteiger partial charge >= 0.3 is 18.2 Å². The highest BCUT2D eigenvalue weighted by Gasteiger charge is 2.57. The average Bonchev–Trinajstić information content (AvgIpc) is 3.03. The zero-order chi connectivity index (χ0) is 29.4. The third kappa shape index (κ3) is 5.40. The summed E-state index contributed by atoms with van der Waals surface area (Å²) in [7, 11) is 0. The van der Waals surface area contributed by atoms with E-state index in [-0.39, 0.29) is 34.1 Å². The molecule has 1 aliphatic heterocycles. The van der Waals surface area contributed by atoms with Crippen LogP contribution in [0.2, 0.25) is 0 Å². The van der Waals surface area contributed by atoms with Crippen LogP contribution in [-0.4, -0.2) is 28.5 Å². The number of H-pyrrole nitrogens is 1. The molecule has 4 rings (SSSR count). The fraction of sp³-hybridized carbons (Fsp3) is 0.192. The van der Waals surface area contributed by atoms with Gasteiger partial charge in [-0.15, -0.1) is 0 Å². The number of nitriles is 1. The number of carbonyl (C=O) groups excluding carboxylic acids is 3. The summed E-state index contributed by atoms with van der Waals surface area (Å²) in [6.45, 7) is 2.59. The van der Waals surface area contributed by atoms with E-state index in [4.69, 9.17) is 5.26 Å². The fourth-order valence-electron chi connectivity index (χ4n) is 4.25. The number of anilines is 3. The van der Waals surface area contributed by atoms with Crippen molar-refractivity contribution >= 4 is 35.0 Å². The van der Waals surface area contributed by atoms with Gasteiger partial charge in [0.15, 0.2) is 5.54 Å². The van der Waals surface area contributed by atoms with Crippen molar-refractivity contribution in [2.75, 3.05) is 15.5 Å². The second-order valence-corrected chi connectivity index (χ2v) is 9.39. The number of amides is 5. The van der Waals surface area contributed by atoms with E-state index < -0.39 is 52.2 Å². The van der Waals surface area contributed by atoms with E-state index in [9.17, 15) is 36.7 Å². The summed E-state index contributed by atoms with van der Waals surface area (Å²) in [6.07, 6.45) is -3.60. The quantitative estimate of drug-likeness (QED) is 0.281. The van der Waals surface area contributed by atoms with Crippen molar-refractivity contribution in [1.29, 1.82) is 5.26 Å². The molecule has 1 fully saturated rings. The van der Waals surface area contributed by atoms with E-state index in [1.165, 1.54) is 38.2 Å². The molecule has 14 heteroatoms. The Morgan fingerprint density at radius 2 is 1.80 bits per heavy atom. The SMILES string of the molecule is CC1(C)C(=O)N(c2ccc(C#N)c(C(F)(F)F)c2)C(=O)[NH+]1Cc1ccc(F)cc1NC(=O)Nc1cc[nH]c(=O)c1. The van der Waals surface area contributed by atoms with Crippen LogP contribution < -0.4 is 26.0 Å². The molecular formula is C26H21F4N6O4+. The van der Waals surface area contributed by atoms with Crippen LogP contribution in [0, 0.1) is 17.1 Å². The summed E-state index contributed by atoms with van der Waals surface area (Å²) in [4.78, 5) is 53.7. The maximum atomic E-state index is 14.1. The first-order valence-electron chi connectivity index (χ1n) is 11.6. The molecule has 0 saturated carbocycles. The molecule has 1 unspecified atom stereocenters. The first-order valence-corrected chi connectivity index (χ1v) is 11.6. The number of hydrogen-bond acceptors (Lipinski definition) is 5. The number of halogens is 4. The second kappa shape index (κ2) is 10.3. The Morgan fingerprint density at radius 3 is 2.45 bits per heavy atom. The van der Waals surface area contributed by atoms with E-state index >= 15 is 0 Å². The Hall–Kier alpha value is -5.03. The highest BCUT2D eigenvalue weighted by atomic mass is 19.4. The molecule has 10 nitrogen and oxygen atoms in total. The van der Waals surface area contributed by atoms with Gasteiger partial charge < -0.3 is 15.6 Å². The zero-order valence-corrected chi connectivity index (χ0v) is 20.9. The van der Waals surface area contributed by atoms with E-state index in [1.807, 2.05) is 0 Å². The molecule has 0 aliphatic carbocycles. The maximum absolute atomic E-state index is 14.1. The molecule has 40 heavy (non-hydrogen) atoms. The van der Waals surface area contributed by atoms with Crippen LogP contribution in [0.5, 0.6) is 0 Å². The van der Waals surface area contributed by atoms with Gasteiger partial charge in [0.2, 0.25) is 5.56 Å². The molecule has 206 valence electrons. The van der Waals surface area contributed by atoms with Crippen LogP contribution in [0.3, 0.4) is 0 Å². The molecule has 2 heterocycles. The third-order valence-electron chi connectivity index (χ3n) is 6.36. The van der Waals surface area contributed by atoms with Gasteiger partial charge in [0.05, 0.1) is 28.6 Å². The molecule has 1 atom stereocenters. The summed E-state index contributed by atoms with van der Waals surface area (Å²) in [5, 5.41) is 13.9. The minimum atomic E-state index is -4.91. The summed E-state index contributed by atoms with van der Waals surface area (Å²) >= 11 is 0. The van der Waals surface area contributed by atoms with Crippen molar-refractivity contribution in [3.05, 3.63) is 87.6 Å². The van der Waals surface area contributed by atoms with Crippen LogP contribution in [0.15, 0.2) is 59.5 Å². The molecule has 1 saturated heterocycles. The van der Waals surface area contributed by atoms with Crippen molar-refractivity contribution in [1.82, 2.24) is 4.98 Å². The van der Waals surface area contributed by atoms with Crippen molar-refractivity contribution in [3.63, 3.8) is 0 Å². The molecule has 2 aromatic carbocycles. The predicted octanol–water partition coefficient (Wildman–Crippen LogP) is 3.38. The Bertz CT molecular complexity index is 1630. The highest BCUT2D eigenvalue weighted by Crippen LogP contribution is 2.35. The van der Waals surface area contributed by atoms with E-state index in [1.54, 1.807) is 0 Å². The minimum absolute atomic E-state index is 0.0138. The van der Waals surface area contributed by atoms with Gasteiger partial charge in [-0.3, -0.25) is 9.59 Å². The number of alkyl halides is 3. The number of hydrogen-bond donors (Lipinski definition) is 4. The smallest absolute Gasteiger partial charge is 0.329 e. The lowest BCUT2D eigenvalue weighted by Crippen LogP contribution is -3.18. The van der Waals surface area contributed by atoms with Gasteiger partial charge in [0.25, 0.3) is 5.91 Å². The zero-order valence-electron chi connectivity index (χ0n) is 20.9. The van der Waals surface area contributed by atoms with Crippen molar-refractivity contribution < 1.29 is 36.8 Å². The third-order valence-corrected chi connectivity index (χ3v) is 6.36. The predicted molar refractivity (Wildman–Crippen MR) is 134 cm³/mol. The number of rotatable bonds is 5. The van der Waals surface area contributed by atoms with Gasteiger partial charge in [-0.1, -0.05) is 0 Å². The molecule has 1 aromatic heterocycles. The minimum Gasteiger partial charge on any atom is -0.329 e. The lowest BCUT2D eigenvalue weighted by Gasteiger charge is -2.23. The number of quaternary nitrogens is 1. The second-order valence-electron chi connectivity index (χ2n) is 9.39. The van der Waals surface area contributed by atoms with Crippen LogP contribution in [0.4, 0.5) is 44.2 Å². The number of aromatic nitrogens is 1. The number of nitrogens with one attached hydrogen (secondary N) is 4. The first kappa shape index (κ1) is 28.0. The Morgan fingerprint density at radius 1 is 1.07 bits per heavy atom. The molecule has 1 aliphatic rings. The maximum Gasteiger partial charge on any atom is 0.430 e. The van der Waals surface area contributed by atoms with Crippen LogP contribution in [-0.2, 0) is 17.5 Å². The van der Waals surface area contributed by atoms with Gasteiger partial charge in [-0.05, 0) is 42.5 Å². The largest absolute Gasteiger partial charge is 0.430 e. The summed E-state index contributed by atoms with van der Waals surface area (Å²) in [6, 6.07) is 8.17. The number of nitrogens with zero attached hydrogens (tertiary/aromatic N) is 2. The normalized spacial score (nSPS) is 16.5. The number of aromatic amines is 1. The van der Waals surface area contributed by atoms with Gasteiger partial charge in [0.1, 0.15) is 12.4 Å². The first-order chi connectivity index (χ1) is 18.7. The van der Waals surface area contributed by atoms with Crippen molar-refractivity contribution in [3.8, 4) is 6.07 Å². The lowest BCUT2D eigenvalue weighted by atomic mass is 10.0. The van der Waals surface area contributed by atoms with Crippen molar-refractivity contribution in [2.24, 2.45) is 0 Å². The summed E-state index contributed by atoms with van der Waals surface area (Å²) < 4.78 is 54.7. The average molecular weight is 557 g/mol.